The van der Waals surface area contributed by atoms with E-state index in [9.17, 15) is 14.4 Å². The van der Waals surface area contributed by atoms with Crippen molar-refractivity contribution in [2.45, 2.75) is 20.3 Å². The van der Waals surface area contributed by atoms with Gasteiger partial charge in [0.25, 0.3) is 0 Å². The number of H-pyrrole nitrogens is 1. The van der Waals surface area contributed by atoms with E-state index in [1.807, 2.05) is 0 Å². The lowest BCUT2D eigenvalue weighted by molar-refractivity contribution is -0.115. The molecule has 0 radical (unpaired) electrons. The molecule has 1 amide bonds. The molecule has 0 aliphatic heterocycles. The van der Waals surface area contributed by atoms with Gasteiger partial charge >= 0.3 is 11.7 Å². The molecule has 0 unspecified atom stereocenters. The first-order valence-electron chi connectivity index (χ1n) is 6.05. The van der Waals surface area contributed by atoms with Crippen molar-refractivity contribution in [3.8, 4) is 0 Å². The van der Waals surface area contributed by atoms with Gasteiger partial charge in [0.05, 0.1) is 12.1 Å². The maximum absolute atomic E-state index is 12.0. The molecular formula is C13H13N3O4S. The first-order valence-corrected chi connectivity index (χ1v) is 6.93. The van der Waals surface area contributed by atoms with Gasteiger partial charge in [-0.2, -0.15) is 4.98 Å². The van der Waals surface area contributed by atoms with Crippen LogP contribution in [-0.2, 0) is 11.2 Å². The third-order valence-corrected chi connectivity index (χ3v) is 3.83. The molecule has 0 spiro atoms. The zero-order chi connectivity index (χ0) is 15.6. The molecule has 2 rings (SSSR count). The van der Waals surface area contributed by atoms with Crippen LogP contribution in [0.1, 0.15) is 26.6 Å². The van der Waals surface area contributed by atoms with Gasteiger partial charge in [0.1, 0.15) is 4.88 Å². The number of aromatic nitrogens is 2. The van der Waals surface area contributed by atoms with Crippen LogP contribution in [0.2, 0.25) is 0 Å². The molecule has 0 saturated heterocycles. The number of aromatic carboxylic acids is 1. The number of amides is 1. The number of carbonyl (C=O) groups is 2. The molecule has 0 aliphatic carbocycles. The molecule has 7 nitrogen and oxygen atoms in total. The number of carboxylic acid groups (broad SMARTS) is 1. The number of nitrogens with zero attached hydrogens (tertiary/aromatic N) is 1. The van der Waals surface area contributed by atoms with Gasteiger partial charge in [0.15, 0.2) is 0 Å². The highest BCUT2D eigenvalue weighted by atomic mass is 32.1. The summed E-state index contributed by atoms with van der Waals surface area (Å²) >= 11 is 1.04. The molecule has 0 bridgehead atoms. The number of carbonyl (C=O) groups excluding carboxylic acids is 1. The summed E-state index contributed by atoms with van der Waals surface area (Å²) in [4.78, 5) is 40.6. The van der Waals surface area contributed by atoms with Gasteiger partial charge in [0, 0.05) is 17.0 Å². The van der Waals surface area contributed by atoms with Crippen molar-refractivity contribution in [3.63, 3.8) is 0 Å². The minimum Gasteiger partial charge on any atom is -0.477 e. The predicted octanol–water partition coefficient (Wildman–Crippen LogP) is 1.33. The molecule has 0 saturated carbocycles. The maximum atomic E-state index is 12.0. The highest BCUT2D eigenvalue weighted by molar-refractivity contribution is 7.12. The summed E-state index contributed by atoms with van der Waals surface area (Å²) in [5.74, 6) is -1.45. The summed E-state index contributed by atoms with van der Waals surface area (Å²) in [6.45, 7) is 3.34. The van der Waals surface area contributed by atoms with E-state index in [4.69, 9.17) is 5.11 Å². The summed E-state index contributed by atoms with van der Waals surface area (Å²) in [5, 5.41) is 13.1. The molecule has 2 aromatic rings. The molecule has 3 N–H and O–H groups in total. The zero-order valence-electron chi connectivity index (χ0n) is 11.4. The van der Waals surface area contributed by atoms with E-state index in [1.54, 1.807) is 19.2 Å². The fourth-order valence-electron chi connectivity index (χ4n) is 1.94. The van der Waals surface area contributed by atoms with Crippen LogP contribution < -0.4 is 11.0 Å². The molecule has 0 fully saturated rings. The van der Waals surface area contributed by atoms with E-state index >= 15 is 0 Å². The first-order chi connectivity index (χ1) is 9.88. The van der Waals surface area contributed by atoms with E-state index in [1.165, 1.54) is 6.07 Å². The molecule has 0 atom stereocenters. The summed E-state index contributed by atoms with van der Waals surface area (Å²) in [5.41, 5.74) is 1.49. The SMILES string of the molecule is Cc1nc(=O)[nH]c(C)c1CC(=O)Nc1ccsc1C(=O)O. The Kier molecular flexibility index (Phi) is 4.18. The highest BCUT2D eigenvalue weighted by Crippen LogP contribution is 2.22. The second-order valence-corrected chi connectivity index (χ2v) is 5.34. The number of aryl methyl sites for hydroxylation is 2. The fourth-order valence-corrected chi connectivity index (χ4v) is 2.63. The second-order valence-electron chi connectivity index (χ2n) is 4.42. The predicted molar refractivity (Wildman–Crippen MR) is 77.9 cm³/mol. The van der Waals surface area contributed by atoms with Crippen molar-refractivity contribution >= 4 is 28.9 Å². The lowest BCUT2D eigenvalue weighted by atomic mass is 10.1. The molecular weight excluding hydrogens is 294 g/mol. The maximum Gasteiger partial charge on any atom is 0.348 e. The van der Waals surface area contributed by atoms with Gasteiger partial charge in [-0.15, -0.1) is 11.3 Å². The standard InChI is InChI=1S/C13H13N3O4S/c1-6-8(7(2)15-13(20)14-6)5-10(17)16-9-3-4-21-11(9)12(18)19/h3-4H,5H2,1-2H3,(H,16,17)(H,18,19)(H,14,15,20). The summed E-state index contributed by atoms with van der Waals surface area (Å²) in [7, 11) is 0. The van der Waals surface area contributed by atoms with Crippen molar-refractivity contribution in [2.24, 2.45) is 0 Å². The molecule has 2 aromatic heterocycles. The zero-order valence-corrected chi connectivity index (χ0v) is 12.2. The molecule has 2 heterocycles. The van der Waals surface area contributed by atoms with Crippen molar-refractivity contribution in [2.75, 3.05) is 5.32 Å². The topological polar surface area (TPSA) is 112 Å². The minimum atomic E-state index is -1.08. The van der Waals surface area contributed by atoms with E-state index in [2.05, 4.69) is 15.3 Å². The van der Waals surface area contributed by atoms with E-state index in [0.717, 1.165) is 11.3 Å². The Labute approximate surface area is 123 Å². The molecule has 0 aliphatic rings. The average molecular weight is 307 g/mol. The number of anilines is 1. The van der Waals surface area contributed by atoms with Crippen molar-refractivity contribution < 1.29 is 14.7 Å². The van der Waals surface area contributed by atoms with Gasteiger partial charge in [-0.05, 0) is 25.3 Å². The van der Waals surface area contributed by atoms with E-state index in [-0.39, 0.29) is 22.9 Å². The molecule has 21 heavy (non-hydrogen) atoms. The monoisotopic (exact) mass is 307 g/mol. The third-order valence-electron chi connectivity index (χ3n) is 2.92. The van der Waals surface area contributed by atoms with Crippen molar-refractivity contribution in [1.29, 1.82) is 0 Å². The van der Waals surface area contributed by atoms with Crippen LogP contribution in [0.3, 0.4) is 0 Å². The lowest BCUT2D eigenvalue weighted by Crippen LogP contribution is -2.21. The largest absolute Gasteiger partial charge is 0.477 e. The van der Waals surface area contributed by atoms with Crippen molar-refractivity contribution in [1.82, 2.24) is 9.97 Å². The van der Waals surface area contributed by atoms with E-state index in [0.29, 0.717) is 17.0 Å². The minimum absolute atomic E-state index is 0.0103. The van der Waals surface area contributed by atoms with Gasteiger partial charge < -0.3 is 15.4 Å². The van der Waals surface area contributed by atoms with Crippen LogP contribution in [0.4, 0.5) is 5.69 Å². The Bertz CT molecular complexity index is 737. The first kappa shape index (κ1) is 14.9. The van der Waals surface area contributed by atoms with Crippen LogP contribution >= 0.6 is 11.3 Å². The third kappa shape index (κ3) is 3.34. The second kappa shape index (κ2) is 5.88. The van der Waals surface area contributed by atoms with Crippen LogP contribution in [0, 0.1) is 13.8 Å². The van der Waals surface area contributed by atoms with E-state index < -0.39 is 11.7 Å². The lowest BCUT2D eigenvalue weighted by Gasteiger charge is -2.09. The number of nitrogens with one attached hydrogen (secondary N) is 2. The Morgan fingerprint density at radius 2 is 2.14 bits per heavy atom. The molecule has 0 aromatic carbocycles. The summed E-state index contributed by atoms with van der Waals surface area (Å²) in [6, 6.07) is 1.54. The summed E-state index contributed by atoms with van der Waals surface area (Å²) < 4.78 is 0. The van der Waals surface area contributed by atoms with Crippen LogP contribution in [-0.4, -0.2) is 27.0 Å². The number of aromatic amines is 1. The number of thiophene rings is 1. The van der Waals surface area contributed by atoms with Crippen LogP contribution in [0.25, 0.3) is 0 Å². The Morgan fingerprint density at radius 1 is 1.43 bits per heavy atom. The number of rotatable bonds is 4. The summed E-state index contributed by atoms with van der Waals surface area (Å²) in [6.07, 6.45) is 0.0103. The molecule has 8 heteroatoms. The van der Waals surface area contributed by atoms with Gasteiger partial charge in [-0.25, -0.2) is 9.59 Å². The van der Waals surface area contributed by atoms with Gasteiger partial charge in [-0.3, -0.25) is 4.79 Å². The molecule has 110 valence electrons. The number of hydrogen-bond donors (Lipinski definition) is 3. The van der Waals surface area contributed by atoms with Crippen LogP contribution in [0.5, 0.6) is 0 Å². The number of hydrogen-bond acceptors (Lipinski definition) is 5. The smallest absolute Gasteiger partial charge is 0.348 e. The average Bonchev–Trinajstić information content (AvgIpc) is 2.82. The Morgan fingerprint density at radius 3 is 2.76 bits per heavy atom. The highest BCUT2D eigenvalue weighted by Gasteiger charge is 2.16. The Hall–Kier alpha value is -2.48. The Balaban J connectivity index is 2.18. The normalized spacial score (nSPS) is 10.4. The van der Waals surface area contributed by atoms with Gasteiger partial charge in [-0.1, -0.05) is 0 Å². The number of carboxylic acids is 1. The van der Waals surface area contributed by atoms with Crippen LogP contribution in [0.15, 0.2) is 16.2 Å². The van der Waals surface area contributed by atoms with Gasteiger partial charge in [0.2, 0.25) is 5.91 Å². The quantitative estimate of drug-likeness (QED) is 0.788. The van der Waals surface area contributed by atoms with Crippen molar-refractivity contribution in [3.05, 3.63) is 43.8 Å². The fraction of sp³-hybridized carbons (Fsp3) is 0.231.